The smallest absolute Gasteiger partial charge is 0.131 e. The minimum Gasteiger partial charge on any atom is -0.310 e. The molecule has 0 spiro atoms. The van der Waals surface area contributed by atoms with E-state index in [0.29, 0.717) is 12.0 Å². The van der Waals surface area contributed by atoms with Crippen LogP contribution in [0.1, 0.15) is 88.3 Å². The molecule has 1 heterocycles. The van der Waals surface area contributed by atoms with Gasteiger partial charge in [-0.1, -0.05) is 26.7 Å². The fraction of sp³-hybridized carbons (Fsp3) is 0.778. The Hall–Kier alpha value is -0.960. The molecule has 3 heteroatoms. The van der Waals surface area contributed by atoms with E-state index in [1.807, 2.05) is 6.20 Å². The Morgan fingerprint density at radius 2 is 1.95 bits per heavy atom. The van der Waals surface area contributed by atoms with Crippen LogP contribution < -0.4 is 5.32 Å². The zero-order valence-corrected chi connectivity index (χ0v) is 14.2. The molecule has 1 unspecified atom stereocenters. The van der Waals surface area contributed by atoms with E-state index in [9.17, 15) is 0 Å². The van der Waals surface area contributed by atoms with Crippen LogP contribution in [0.15, 0.2) is 6.20 Å². The van der Waals surface area contributed by atoms with E-state index in [-0.39, 0.29) is 0 Å². The van der Waals surface area contributed by atoms with E-state index in [1.165, 1.54) is 44.1 Å². The molecule has 0 radical (unpaired) electrons. The Kier molecular flexibility index (Phi) is 6.16. The van der Waals surface area contributed by atoms with Crippen LogP contribution in [0.3, 0.4) is 0 Å². The number of hydrogen-bond acceptors (Lipinski definition) is 3. The highest BCUT2D eigenvalue weighted by molar-refractivity contribution is 5.21. The lowest BCUT2D eigenvalue weighted by Crippen LogP contribution is -2.21. The molecule has 1 atom stereocenters. The molecule has 0 saturated heterocycles. The summed E-state index contributed by atoms with van der Waals surface area (Å²) in [5, 5.41) is 3.44. The van der Waals surface area contributed by atoms with Crippen LogP contribution in [0.5, 0.6) is 0 Å². The van der Waals surface area contributed by atoms with Gasteiger partial charge in [-0.25, -0.2) is 9.97 Å². The predicted octanol–water partition coefficient (Wildman–Crippen LogP) is 4.53. The van der Waals surface area contributed by atoms with Crippen LogP contribution in [0.25, 0.3) is 0 Å². The van der Waals surface area contributed by atoms with Gasteiger partial charge in [-0.3, -0.25) is 0 Å². The quantitative estimate of drug-likeness (QED) is 0.836. The summed E-state index contributed by atoms with van der Waals surface area (Å²) in [4.78, 5) is 9.51. The minimum atomic E-state index is 0.337. The van der Waals surface area contributed by atoms with Gasteiger partial charge in [0.1, 0.15) is 5.82 Å². The van der Waals surface area contributed by atoms with Crippen molar-refractivity contribution in [3.05, 3.63) is 23.3 Å². The lowest BCUT2D eigenvalue weighted by Gasteiger charge is -2.27. The Bertz CT molecular complexity index is 436. The van der Waals surface area contributed by atoms with Crippen molar-refractivity contribution in [1.82, 2.24) is 15.3 Å². The van der Waals surface area contributed by atoms with Gasteiger partial charge >= 0.3 is 0 Å². The maximum Gasteiger partial charge on any atom is 0.131 e. The highest BCUT2D eigenvalue weighted by atomic mass is 14.9. The van der Waals surface area contributed by atoms with Gasteiger partial charge in [-0.15, -0.1) is 0 Å². The molecule has 1 aromatic heterocycles. The molecule has 0 aliphatic heterocycles. The van der Waals surface area contributed by atoms with Gasteiger partial charge in [-0.2, -0.15) is 0 Å². The first-order valence-corrected chi connectivity index (χ1v) is 8.72. The van der Waals surface area contributed by atoms with Crippen molar-refractivity contribution in [2.45, 2.75) is 78.2 Å². The molecule has 21 heavy (non-hydrogen) atoms. The normalized spacial score (nSPS) is 24.0. The Morgan fingerprint density at radius 3 is 2.52 bits per heavy atom. The van der Waals surface area contributed by atoms with Crippen LogP contribution in [0.4, 0.5) is 0 Å². The zero-order chi connectivity index (χ0) is 15.2. The van der Waals surface area contributed by atoms with E-state index in [4.69, 9.17) is 4.98 Å². The number of nitrogens with zero attached hydrogens (tertiary/aromatic N) is 2. The standard InChI is InChI=1S/C18H31N3/c1-5-7-15-8-10-16(11-9-15)18-20-12-17(14(4)21-18)13(3)19-6-2/h12-13,15-16,19H,5-11H2,1-4H3. The van der Waals surface area contributed by atoms with Crippen LogP contribution in [-0.2, 0) is 0 Å². The van der Waals surface area contributed by atoms with Gasteiger partial charge in [0.15, 0.2) is 0 Å². The summed E-state index contributed by atoms with van der Waals surface area (Å²) in [6.07, 6.45) is 10.0. The van der Waals surface area contributed by atoms with Crippen molar-refractivity contribution in [2.24, 2.45) is 5.92 Å². The van der Waals surface area contributed by atoms with E-state index in [2.05, 4.69) is 38.0 Å². The van der Waals surface area contributed by atoms with Crippen molar-refractivity contribution in [3.8, 4) is 0 Å². The van der Waals surface area contributed by atoms with Gasteiger partial charge in [0.25, 0.3) is 0 Å². The fourth-order valence-electron chi connectivity index (χ4n) is 3.65. The summed E-state index contributed by atoms with van der Waals surface area (Å²) in [5.41, 5.74) is 2.38. The molecule has 1 aliphatic carbocycles. The molecule has 0 amide bonds. The average molecular weight is 289 g/mol. The van der Waals surface area contributed by atoms with Crippen molar-refractivity contribution in [1.29, 1.82) is 0 Å². The third-order valence-electron chi connectivity index (χ3n) is 4.92. The highest BCUT2D eigenvalue weighted by Gasteiger charge is 2.24. The summed E-state index contributed by atoms with van der Waals surface area (Å²) in [6.45, 7) is 9.71. The van der Waals surface area contributed by atoms with Crippen molar-refractivity contribution >= 4 is 0 Å². The van der Waals surface area contributed by atoms with E-state index >= 15 is 0 Å². The molecule has 1 N–H and O–H groups in total. The molecule has 1 saturated carbocycles. The third-order valence-corrected chi connectivity index (χ3v) is 4.92. The van der Waals surface area contributed by atoms with E-state index in [0.717, 1.165) is 24.0 Å². The van der Waals surface area contributed by atoms with Crippen LogP contribution in [0.2, 0.25) is 0 Å². The Morgan fingerprint density at radius 1 is 1.24 bits per heavy atom. The molecule has 0 aromatic carbocycles. The van der Waals surface area contributed by atoms with Crippen LogP contribution in [0, 0.1) is 12.8 Å². The average Bonchev–Trinajstić information content (AvgIpc) is 2.48. The van der Waals surface area contributed by atoms with Gasteiger partial charge in [0, 0.05) is 29.4 Å². The maximum absolute atomic E-state index is 4.82. The first-order valence-electron chi connectivity index (χ1n) is 8.72. The molecule has 1 aliphatic rings. The van der Waals surface area contributed by atoms with Gasteiger partial charge in [0.05, 0.1) is 0 Å². The minimum absolute atomic E-state index is 0.337. The summed E-state index contributed by atoms with van der Waals surface area (Å²) in [6, 6.07) is 0.337. The summed E-state index contributed by atoms with van der Waals surface area (Å²) in [5.74, 6) is 2.61. The third kappa shape index (κ3) is 4.26. The molecule has 3 nitrogen and oxygen atoms in total. The predicted molar refractivity (Wildman–Crippen MR) is 88.5 cm³/mol. The number of rotatable bonds is 6. The number of hydrogen-bond donors (Lipinski definition) is 1. The SMILES string of the molecule is CCCC1CCC(c2ncc(C(C)NCC)c(C)n2)CC1. The second kappa shape index (κ2) is 7.88. The van der Waals surface area contributed by atoms with Crippen molar-refractivity contribution < 1.29 is 0 Å². The lowest BCUT2D eigenvalue weighted by molar-refractivity contribution is 0.302. The molecule has 1 aromatic rings. The van der Waals surface area contributed by atoms with Gasteiger partial charge in [0.2, 0.25) is 0 Å². The summed E-state index contributed by atoms with van der Waals surface area (Å²) < 4.78 is 0. The molecule has 0 bridgehead atoms. The zero-order valence-electron chi connectivity index (χ0n) is 14.2. The van der Waals surface area contributed by atoms with E-state index < -0.39 is 0 Å². The molecule has 2 rings (SSSR count). The second-order valence-corrected chi connectivity index (χ2v) is 6.55. The molecular formula is C18H31N3. The van der Waals surface area contributed by atoms with Crippen LogP contribution >= 0.6 is 0 Å². The van der Waals surface area contributed by atoms with E-state index in [1.54, 1.807) is 0 Å². The first-order chi connectivity index (χ1) is 10.2. The highest BCUT2D eigenvalue weighted by Crippen LogP contribution is 2.36. The van der Waals surface area contributed by atoms with Crippen molar-refractivity contribution in [3.63, 3.8) is 0 Å². The number of aryl methyl sites for hydroxylation is 1. The number of aromatic nitrogens is 2. The molecule has 118 valence electrons. The molecular weight excluding hydrogens is 258 g/mol. The fourth-order valence-corrected chi connectivity index (χ4v) is 3.65. The van der Waals surface area contributed by atoms with Gasteiger partial charge in [-0.05, 0) is 52.0 Å². The topological polar surface area (TPSA) is 37.8 Å². The second-order valence-electron chi connectivity index (χ2n) is 6.55. The van der Waals surface area contributed by atoms with Crippen LogP contribution in [-0.4, -0.2) is 16.5 Å². The van der Waals surface area contributed by atoms with Gasteiger partial charge < -0.3 is 5.32 Å². The maximum atomic E-state index is 4.82. The lowest BCUT2D eigenvalue weighted by atomic mass is 9.79. The van der Waals surface area contributed by atoms with Crippen molar-refractivity contribution in [2.75, 3.05) is 6.54 Å². The Labute approximate surface area is 130 Å². The first kappa shape index (κ1) is 16.4. The monoisotopic (exact) mass is 289 g/mol. The summed E-state index contributed by atoms with van der Waals surface area (Å²) >= 11 is 0. The largest absolute Gasteiger partial charge is 0.310 e. The molecule has 1 fully saturated rings. The Balaban J connectivity index is 2.00. The number of nitrogens with one attached hydrogen (secondary N) is 1. The summed E-state index contributed by atoms with van der Waals surface area (Å²) in [7, 11) is 0.